The minimum Gasteiger partial charge on any atom is -0.332 e. The van der Waals surface area contributed by atoms with E-state index in [2.05, 4.69) is 13.0 Å². The third-order valence-corrected chi connectivity index (χ3v) is 7.72. The molecular weight excluding hydrogens is 322 g/mol. The Morgan fingerprint density at radius 2 is 1.42 bits per heavy atom. The maximum atomic E-state index is 13.2. The van der Waals surface area contributed by atoms with Gasteiger partial charge in [-0.15, -0.1) is 0 Å². The molecule has 0 amide bonds. The van der Waals surface area contributed by atoms with Crippen LogP contribution in [0.25, 0.3) is 0 Å². The molecule has 1 saturated heterocycles. The third-order valence-electron chi connectivity index (χ3n) is 5.55. The molecule has 1 aliphatic rings. The van der Waals surface area contributed by atoms with Gasteiger partial charge in [0.15, 0.2) is 0 Å². The Morgan fingerprint density at radius 1 is 0.958 bits per heavy atom. The van der Waals surface area contributed by atoms with E-state index >= 15 is 0 Å². The maximum Gasteiger partial charge on any atom is 0.244 e. The average molecular weight is 351 g/mol. The van der Waals surface area contributed by atoms with E-state index in [0.29, 0.717) is 24.4 Å². The van der Waals surface area contributed by atoms with Gasteiger partial charge in [0.25, 0.3) is 0 Å². The second-order valence-corrected chi connectivity index (χ2v) is 8.64. The molecule has 0 unspecified atom stereocenters. The van der Waals surface area contributed by atoms with Gasteiger partial charge in [0, 0.05) is 0 Å². The summed E-state index contributed by atoms with van der Waals surface area (Å²) in [6.45, 7) is 13.3. The topological polar surface area (TPSA) is 65.6 Å². The summed E-state index contributed by atoms with van der Waals surface area (Å²) in [5.74, 6) is 0. The molecule has 0 spiro atoms. The first-order valence-corrected chi connectivity index (χ1v) is 9.93. The zero-order valence-corrected chi connectivity index (χ0v) is 16.2. The smallest absolute Gasteiger partial charge is 0.244 e. The largest absolute Gasteiger partial charge is 0.332 e. The summed E-state index contributed by atoms with van der Waals surface area (Å²) in [5.41, 5.74) is 5.05. The van der Waals surface area contributed by atoms with E-state index in [9.17, 15) is 8.42 Å². The number of hydrogen-bond acceptors (Lipinski definition) is 3. The SMILES string of the molecule is Cc1c(C)c(C)c(S(=O)(=O)N2CC[NH+](CCC#N)CC2)c(C)c1C. The first-order valence-electron chi connectivity index (χ1n) is 8.49. The van der Waals surface area contributed by atoms with Crippen LogP contribution in [-0.2, 0) is 10.0 Å². The van der Waals surface area contributed by atoms with E-state index in [0.717, 1.165) is 41.9 Å². The molecule has 1 aliphatic heterocycles. The highest BCUT2D eigenvalue weighted by atomic mass is 32.2. The van der Waals surface area contributed by atoms with Crippen molar-refractivity contribution in [2.24, 2.45) is 0 Å². The molecular formula is C18H28N3O2S+. The monoisotopic (exact) mass is 350 g/mol. The fraction of sp³-hybridized carbons (Fsp3) is 0.611. The summed E-state index contributed by atoms with van der Waals surface area (Å²) >= 11 is 0. The standard InChI is InChI=1S/C18H27N3O2S/c1-13-14(2)16(4)18(17(5)15(13)3)24(22,23)21-11-9-20(10-12-21)8-6-7-19/h6,8-12H2,1-5H3/p+1. The Labute approximate surface area is 145 Å². The van der Waals surface area contributed by atoms with Gasteiger partial charge in [-0.1, -0.05) is 0 Å². The van der Waals surface area contributed by atoms with Gasteiger partial charge < -0.3 is 4.90 Å². The van der Waals surface area contributed by atoms with Crippen molar-refractivity contribution < 1.29 is 13.3 Å². The lowest BCUT2D eigenvalue weighted by atomic mass is 9.95. The number of sulfonamides is 1. The summed E-state index contributed by atoms with van der Waals surface area (Å²) < 4.78 is 28.1. The Morgan fingerprint density at radius 3 is 1.88 bits per heavy atom. The predicted molar refractivity (Wildman–Crippen MR) is 94.7 cm³/mol. The van der Waals surface area contributed by atoms with Crippen molar-refractivity contribution in [3.8, 4) is 6.07 Å². The molecule has 1 fully saturated rings. The average Bonchev–Trinajstić information content (AvgIpc) is 2.56. The van der Waals surface area contributed by atoms with Gasteiger partial charge in [0.1, 0.15) is 0 Å². The number of piperazine rings is 1. The molecule has 0 aromatic heterocycles. The zero-order valence-electron chi connectivity index (χ0n) is 15.4. The van der Waals surface area contributed by atoms with E-state index < -0.39 is 10.0 Å². The predicted octanol–water partition coefficient (Wildman–Crippen LogP) is 1.03. The molecule has 1 aromatic carbocycles. The molecule has 0 radical (unpaired) electrons. The van der Waals surface area contributed by atoms with Gasteiger partial charge in [0.2, 0.25) is 10.0 Å². The molecule has 0 atom stereocenters. The Kier molecular flexibility index (Phi) is 5.69. The number of hydrogen-bond donors (Lipinski definition) is 1. The van der Waals surface area contributed by atoms with Crippen LogP contribution in [0.4, 0.5) is 0 Å². The van der Waals surface area contributed by atoms with Crippen molar-refractivity contribution in [3.63, 3.8) is 0 Å². The normalized spacial score (nSPS) is 17.0. The number of rotatable bonds is 4. The molecule has 2 rings (SSSR count). The Balaban J connectivity index is 2.32. The molecule has 6 heteroatoms. The van der Waals surface area contributed by atoms with Crippen LogP contribution < -0.4 is 4.90 Å². The van der Waals surface area contributed by atoms with Crippen LogP contribution in [0.5, 0.6) is 0 Å². The molecule has 1 N–H and O–H groups in total. The molecule has 0 aliphatic carbocycles. The van der Waals surface area contributed by atoms with E-state index in [1.165, 1.54) is 10.5 Å². The molecule has 24 heavy (non-hydrogen) atoms. The summed E-state index contributed by atoms with van der Waals surface area (Å²) in [4.78, 5) is 1.80. The highest BCUT2D eigenvalue weighted by Gasteiger charge is 2.33. The summed E-state index contributed by atoms with van der Waals surface area (Å²) in [5, 5.41) is 8.69. The summed E-state index contributed by atoms with van der Waals surface area (Å²) in [6.07, 6.45) is 0.524. The highest BCUT2D eigenvalue weighted by Crippen LogP contribution is 2.31. The molecule has 0 bridgehead atoms. The van der Waals surface area contributed by atoms with Gasteiger partial charge in [0.05, 0.1) is 50.1 Å². The molecule has 132 valence electrons. The van der Waals surface area contributed by atoms with E-state index in [-0.39, 0.29) is 0 Å². The van der Waals surface area contributed by atoms with Crippen molar-refractivity contribution in [2.45, 2.75) is 45.9 Å². The van der Waals surface area contributed by atoms with Crippen LogP contribution in [0.15, 0.2) is 4.90 Å². The number of nitriles is 1. The lowest BCUT2D eigenvalue weighted by Crippen LogP contribution is -3.14. The minimum atomic E-state index is -3.47. The molecule has 0 saturated carbocycles. The number of nitrogens with one attached hydrogen (secondary N) is 1. The summed E-state index contributed by atoms with van der Waals surface area (Å²) in [6, 6.07) is 2.16. The number of nitrogens with zero attached hydrogens (tertiary/aromatic N) is 2. The van der Waals surface area contributed by atoms with Gasteiger partial charge in [-0.2, -0.15) is 9.57 Å². The molecule has 1 aromatic rings. The highest BCUT2D eigenvalue weighted by molar-refractivity contribution is 7.89. The Hall–Kier alpha value is -1.42. The second kappa shape index (κ2) is 7.22. The van der Waals surface area contributed by atoms with Gasteiger partial charge in [-0.25, -0.2) is 8.42 Å². The van der Waals surface area contributed by atoms with Crippen LogP contribution in [0, 0.1) is 45.9 Å². The van der Waals surface area contributed by atoms with Gasteiger partial charge >= 0.3 is 0 Å². The van der Waals surface area contributed by atoms with Crippen LogP contribution in [-0.4, -0.2) is 45.4 Å². The molecule has 5 nitrogen and oxygen atoms in total. The molecule has 1 heterocycles. The van der Waals surface area contributed by atoms with Gasteiger partial charge in [-0.05, 0) is 62.4 Å². The lowest BCUT2D eigenvalue weighted by Gasteiger charge is -2.32. The third kappa shape index (κ3) is 3.34. The Bertz CT molecular complexity index is 741. The van der Waals surface area contributed by atoms with E-state index in [1.807, 2.05) is 27.7 Å². The van der Waals surface area contributed by atoms with Crippen molar-refractivity contribution in [1.29, 1.82) is 5.26 Å². The fourth-order valence-corrected chi connectivity index (χ4v) is 5.51. The van der Waals surface area contributed by atoms with Crippen molar-refractivity contribution in [2.75, 3.05) is 32.7 Å². The number of benzene rings is 1. The van der Waals surface area contributed by atoms with Crippen LogP contribution >= 0.6 is 0 Å². The number of quaternary nitrogens is 1. The van der Waals surface area contributed by atoms with Crippen molar-refractivity contribution >= 4 is 10.0 Å². The first kappa shape index (κ1) is 18.9. The van der Waals surface area contributed by atoms with Crippen LogP contribution in [0.3, 0.4) is 0 Å². The first-order chi connectivity index (χ1) is 11.2. The van der Waals surface area contributed by atoms with Crippen molar-refractivity contribution in [1.82, 2.24) is 4.31 Å². The maximum absolute atomic E-state index is 13.2. The lowest BCUT2D eigenvalue weighted by molar-refractivity contribution is -0.903. The van der Waals surface area contributed by atoms with Crippen LogP contribution in [0.1, 0.15) is 34.2 Å². The van der Waals surface area contributed by atoms with Gasteiger partial charge in [-0.3, -0.25) is 0 Å². The minimum absolute atomic E-state index is 0.489. The fourth-order valence-electron chi connectivity index (χ4n) is 3.51. The summed E-state index contributed by atoms with van der Waals surface area (Å²) in [7, 11) is -3.47. The zero-order chi connectivity index (χ0) is 18.1. The van der Waals surface area contributed by atoms with Crippen LogP contribution in [0.2, 0.25) is 0 Å². The van der Waals surface area contributed by atoms with Crippen molar-refractivity contribution in [3.05, 3.63) is 27.8 Å². The second-order valence-electron chi connectivity index (χ2n) is 6.77. The van der Waals surface area contributed by atoms with E-state index in [1.54, 1.807) is 4.31 Å². The van der Waals surface area contributed by atoms with E-state index in [4.69, 9.17) is 5.26 Å². The quantitative estimate of drug-likeness (QED) is 0.882.